The minimum absolute atomic E-state index is 0.0181. The van der Waals surface area contributed by atoms with Gasteiger partial charge in [0.2, 0.25) is 0 Å². The van der Waals surface area contributed by atoms with E-state index >= 15 is 0 Å². The van der Waals surface area contributed by atoms with E-state index in [1.807, 2.05) is 19.1 Å². The third kappa shape index (κ3) is 4.61. The normalized spacial score (nSPS) is 11.4. The summed E-state index contributed by atoms with van der Waals surface area (Å²) in [5, 5.41) is 0. The van der Waals surface area contributed by atoms with E-state index < -0.39 is 16.0 Å². The van der Waals surface area contributed by atoms with Crippen molar-refractivity contribution in [2.24, 2.45) is 0 Å². The molecule has 28 heavy (non-hydrogen) atoms. The molecule has 0 amide bonds. The van der Waals surface area contributed by atoms with Gasteiger partial charge in [-0.25, -0.2) is 13.2 Å². The molecule has 0 saturated carbocycles. The molecule has 2 aromatic carbocycles. The Bertz CT molecular complexity index is 957. The number of ether oxygens (including phenoxy) is 3. The molecule has 152 valence electrons. The Morgan fingerprint density at radius 2 is 1.64 bits per heavy atom. The highest BCUT2D eigenvalue weighted by molar-refractivity contribution is 7.89. The minimum Gasteiger partial charge on any atom is -0.496 e. The summed E-state index contributed by atoms with van der Waals surface area (Å²) in [6.07, 6.45) is 0. The van der Waals surface area contributed by atoms with Gasteiger partial charge in [0.25, 0.3) is 10.0 Å². The third-order valence-electron chi connectivity index (χ3n) is 4.07. The zero-order chi connectivity index (χ0) is 20.9. The molecule has 8 nitrogen and oxygen atoms in total. The molecule has 0 radical (unpaired) electrons. The molecule has 0 unspecified atom stereocenters. The second-order valence-electron chi connectivity index (χ2n) is 5.85. The maximum absolute atomic E-state index is 12.6. The van der Waals surface area contributed by atoms with Gasteiger partial charge < -0.3 is 14.2 Å². The van der Waals surface area contributed by atoms with E-state index in [2.05, 4.69) is 0 Å². The number of sulfonamides is 1. The Morgan fingerprint density at radius 1 is 1.00 bits per heavy atom. The number of esters is 1. The van der Waals surface area contributed by atoms with Gasteiger partial charge in [-0.2, -0.15) is 0 Å². The Labute approximate surface area is 164 Å². The van der Waals surface area contributed by atoms with Crippen LogP contribution in [0.1, 0.15) is 21.5 Å². The molecule has 9 heteroatoms. The van der Waals surface area contributed by atoms with E-state index in [0.717, 1.165) is 5.56 Å². The van der Waals surface area contributed by atoms with Crippen molar-refractivity contribution < 1.29 is 32.3 Å². The summed E-state index contributed by atoms with van der Waals surface area (Å²) in [6.45, 7) is 1.90. The molecule has 2 aromatic rings. The van der Waals surface area contributed by atoms with E-state index in [1.54, 1.807) is 6.07 Å². The van der Waals surface area contributed by atoms with Crippen molar-refractivity contribution in [1.29, 1.82) is 0 Å². The van der Waals surface area contributed by atoms with Crippen LogP contribution in [0.4, 0.5) is 0 Å². The maximum atomic E-state index is 12.6. The summed E-state index contributed by atoms with van der Waals surface area (Å²) >= 11 is 0. The molecule has 2 rings (SSSR count). The molecule has 0 aliphatic rings. The van der Waals surface area contributed by atoms with Crippen molar-refractivity contribution >= 4 is 16.0 Å². The number of nitrogens with zero attached hydrogens (tertiary/aromatic N) is 1. The summed E-state index contributed by atoms with van der Waals surface area (Å²) in [5.74, 6) is 0.00153. The SMILES string of the molecule is COc1ccc(C)cc1COC(=O)c1ccc(OC)c(S(=O)(=O)N(C)OC)c1. The molecule has 0 N–H and O–H groups in total. The number of rotatable bonds is 8. The fraction of sp³-hybridized carbons (Fsp3) is 0.316. The molecule has 0 aliphatic heterocycles. The van der Waals surface area contributed by atoms with Gasteiger partial charge in [0, 0.05) is 12.6 Å². The number of benzene rings is 2. The predicted molar refractivity (Wildman–Crippen MR) is 102 cm³/mol. The summed E-state index contributed by atoms with van der Waals surface area (Å²) in [5.41, 5.74) is 1.76. The van der Waals surface area contributed by atoms with Crippen LogP contribution in [-0.4, -0.2) is 47.2 Å². The van der Waals surface area contributed by atoms with E-state index in [-0.39, 0.29) is 22.8 Å². The van der Waals surface area contributed by atoms with Gasteiger partial charge in [0.15, 0.2) is 0 Å². The number of carbonyl (C=O) groups excluding carboxylic acids is 1. The van der Waals surface area contributed by atoms with Gasteiger partial charge in [0.05, 0.1) is 26.9 Å². The first kappa shape index (κ1) is 21.7. The monoisotopic (exact) mass is 409 g/mol. The lowest BCUT2D eigenvalue weighted by molar-refractivity contribution is -0.0259. The van der Waals surface area contributed by atoms with Gasteiger partial charge >= 0.3 is 5.97 Å². The van der Waals surface area contributed by atoms with Crippen molar-refractivity contribution in [2.45, 2.75) is 18.4 Å². The Hall–Kier alpha value is -2.62. The topological polar surface area (TPSA) is 91.4 Å². The minimum atomic E-state index is -4.01. The average Bonchev–Trinajstić information content (AvgIpc) is 2.70. The second kappa shape index (κ2) is 9.05. The molecule has 0 aliphatic carbocycles. The molecule has 0 fully saturated rings. The van der Waals surface area contributed by atoms with E-state index in [9.17, 15) is 13.2 Å². The summed E-state index contributed by atoms with van der Waals surface area (Å²) in [6, 6.07) is 9.54. The number of hydrogen-bond acceptors (Lipinski definition) is 7. The zero-order valence-electron chi connectivity index (χ0n) is 16.4. The first-order valence-corrected chi connectivity index (χ1v) is 9.70. The number of methoxy groups -OCH3 is 2. The van der Waals surface area contributed by atoms with Crippen LogP contribution in [0.15, 0.2) is 41.3 Å². The van der Waals surface area contributed by atoms with E-state index in [0.29, 0.717) is 15.8 Å². The van der Waals surface area contributed by atoms with Gasteiger partial charge in [-0.1, -0.05) is 16.1 Å². The lowest BCUT2D eigenvalue weighted by atomic mass is 10.1. The number of hydroxylamine groups is 1. The maximum Gasteiger partial charge on any atom is 0.338 e. The van der Waals surface area contributed by atoms with Crippen LogP contribution in [0.25, 0.3) is 0 Å². The Balaban J connectivity index is 2.30. The first-order chi connectivity index (χ1) is 13.2. The molecular formula is C19H23NO7S. The largest absolute Gasteiger partial charge is 0.496 e. The highest BCUT2D eigenvalue weighted by Gasteiger charge is 2.27. The second-order valence-corrected chi connectivity index (χ2v) is 7.76. The Kier molecular flexibility index (Phi) is 7.00. The summed E-state index contributed by atoms with van der Waals surface area (Å²) < 4.78 is 41.5. The van der Waals surface area contributed by atoms with Gasteiger partial charge in [-0.3, -0.25) is 4.84 Å². The molecule has 0 spiro atoms. The van der Waals surface area contributed by atoms with Gasteiger partial charge in [-0.15, -0.1) is 0 Å². The highest BCUT2D eigenvalue weighted by Crippen LogP contribution is 2.28. The lowest BCUT2D eigenvalue weighted by Crippen LogP contribution is -2.26. The zero-order valence-corrected chi connectivity index (χ0v) is 17.2. The van der Waals surface area contributed by atoms with Crippen LogP contribution >= 0.6 is 0 Å². The first-order valence-electron chi connectivity index (χ1n) is 8.26. The smallest absolute Gasteiger partial charge is 0.338 e. The summed E-state index contributed by atoms with van der Waals surface area (Å²) in [7, 11) is 1.31. The summed E-state index contributed by atoms with van der Waals surface area (Å²) in [4.78, 5) is 17.0. The lowest BCUT2D eigenvalue weighted by Gasteiger charge is -2.17. The van der Waals surface area contributed by atoms with Crippen molar-refractivity contribution in [1.82, 2.24) is 4.47 Å². The third-order valence-corrected chi connectivity index (χ3v) is 5.77. The van der Waals surface area contributed by atoms with Gasteiger partial charge in [0.1, 0.15) is 23.0 Å². The fourth-order valence-corrected chi connectivity index (χ4v) is 3.64. The molecule has 0 heterocycles. The van der Waals surface area contributed by atoms with Crippen molar-refractivity contribution in [3.63, 3.8) is 0 Å². The van der Waals surface area contributed by atoms with Crippen LogP contribution in [0.5, 0.6) is 11.5 Å². The van der Waals surface area contributed by atoms with Crippen molar-refractivity contribution in [3.05, 3.63) is 53.1 Å². The van der Waals surface area contributed by atoms with Crippen LogP contribution in [-0.2, 0) is 26.2 Å². The van der Waals surface area contributed by atoms with Gasteiger partial charge in [-0.05, 0) is 37.3 Å². The molecular weight excluding hydrogens is 386 g/mol. The molecule has 0 aromatic heterocycles. The van der Waals surface area contributed by atoms with Crippen LogP contribution in [0.3, 0.4) is 0 Å². The Morgan fingerprint density at radius 3 is 2.25 bits per heavy atom. The fourth-order valence-electron chi connectivity index (χ4n) is 2.49. The molecule has 0 bridgehead atoms. The van der Waals surface area contributed by atoms with Crippen LogP contribution < -0.4 is 9.47 Å². The van der Waals surface area contributed by atoms with Crippen molar-refractivity contribution in [2.75, 3.05) is 28.4 Å². The molecule has 0 saturated heterocycles. The van der Waals surface area contributed by atoms with Crippen molar-refractivity contribution in [3.8, 4) is 11.5 Å². The quantitative estimate of drug-likeness (QED) is 0.489. The van der Waals surface area contributed by atoms with E-state index in [4.69, 9.17) is 19.0 Å². The standard InChI is InChI=1S/C19H23NO7S/c1-13-6-8-16(24-3)15(10-13)12-27-19(21)14-7-9-17(25-4)18(11-14)28(22,23)20(2)26-5/h6-11H,12H2,1-5H3. The highest BCUT2D eigenvalue weighted by atomic mass is 32.2. The number of aryl methyl sites for hydroxylation is 1. The molecule has 0 atom stereocenters. The van der Waals surface area contributed by atoms with Crippen LogP contribution in [0.2, 0.25) is 0 Å². The average molecular weight is 409 g/mol. The number of hydrogen-bond donors (Lipinski definition) is 0. The van der Waals surface area contributed by atoms with E-state index in [1.165, 1.54) is 46.6 Å². The number of carbonyl (C=O) groups is 1. The van der Waals surface area contributed by atoms with Crippen LogP contribution in [0, 0.1) is 6.92 Å². The predicted octanol–water partition coefficient (Wildman–Crippen LogP) is 2.55.